The van der Waals surface area contributed by atoms with Crippen LogP contribution in [0, 0.1) is 13.8 Å². The molecular weight excluding hydrogens is 246 g/mol. The molecule has 0 saturated heterocycles. The number of aryl methyl sites for hydroxylation is 2. The van der Waals surface area contributed by atoms with Gasteiger partial charge in [0, 0.05) is 16.8 Å². The molecule has 3 rings (SSSR count). The first-order chi connectivity index (χ1) is 9.61. The Morgan fingerprint density at radius 1 is 1.00 bits per heavy atom. The van der Waals surface area contributed by atoms with Gasteiger partial charge in [-0.05, 0) is 55.8 Å². The molecule has 0 atom stereocenters. The van der Waals surface area contributed by atoms with Crippen molar-refractivity contribution in [3.05, 3.63) is 59.7 Å². The second-order valence-electron chi connectivity index (χ2n) is 5.10. The van der Waals surface area contributed by atoms with E-state index >= 15 is 0 Å². The van der Waals surface area contributed by atoms with Gasteiger partial charge in [0.05, 0.1) is 5.52 Å². The predicted octanol–water partition coefficient (Wildman–Crippen LogP) is 4.18. The highest BCUT2D eigenvalue weighted by molar-refractivity contribution is 5.85. The van der Waals surface area contributed by atoms with E-state index in [1.54, 1.807) is 0 Å². The Balaban J connectivity index is 2.02. The number of nitrogen functional groups attached to an aromatic ring is 1. The lowest BCUT2D eigenvalue weighted by molar-refractivity contribution is 1.33. The molecule has 0 aliphatic heterocycles. The largest absolute Gasteiger partial charge is 0.399 e. The van der Waals surface area contributed by atoms with Crippen molar-refractivity contribution in [3.63, 3.8) is 0 Å². The molecule has 3 aromatic rings. The molecule has 0 amide bonds. The zero-order valence-corrected chi connectivity index (χ0v) is 11.6. The second kappa shape index (κ2) is 4.85. The summed E-state index contributed by atoms with van der Waals surface area (Å²) in [7, 11) is 0. The van der Waals surface area contributed by atoms with E-state index in [1.165, 1.54) is 16.5 Å². The van der Waals surface area contributed by atoms with Crippen molar-refractivity contribution in [2.45, 2.75) is 13.8 Å². The van der Waals surface area contributed by atoms with E-state index in [4.69, 9.17) is 5.73 Å². The van der Waals surface area contributed by atoms with Gasteiger partial charge in [0.2, 0.25) is 0 Å². The molecule has 3 heteroatoms. The van der Waals surface area contributed by atoms with E-state index < -0.39 is 0 Å². The molecule has 3 nitrogen and oxygen atoms in total. The summed E-state index contributed by atoms with van der Waals surface area (Å²) in [5.41, 5.74) is 10.9. The van der Waals surface area contributed by atoms with Gasteiger partial charge in [-0.1, -0.05) is 17.7 Å². The van der Waals surface area contributed by atoms with E-state index in [0.29, 0.717) is 0 Å². The van der Waals surface area contributed by atoms with Gasteiger partial charge in [-0.25, -0.2) is 4.98 Å². The first-order valence-corrected chi connectivity index (χ1v) is 6.62. The maximum absolute atomic E-state index is 5.79. The number of benzene rings is 2. The number of rotatable bonds is 2. The topological polar surface area (TPSA) is 50.9 Å². The van der Waals surface area contributed by atoms with Crippen LogP contribution in [0.15, 0.2) is 48.5 Å². The Hall–Kier alpha value is -2.55. The standard InChI is InChI=1S/C17H17N3/c1-11-6-7-16-15(8-11)12(2)9-17(20-16)19-14-5-3-4-13(18)10-14/h3-10H,18H2,1-2H3,(H,19,20). The van der Waals surface area contributed by atoms with Crippen LogP contribution < -0.4 is 11.1 Å². The number of aromatic nitrogens is 1. The molecule has 0 fully saturated rings. The van der Waals surface area contributed by atoms with E-state index in [-0.39, 0.29) is 0 Å². The fourth-order valence-electron chi connectivity index (χ4n) is 2.34. The Bertz CT molecular complexity index is 778. The molecule has 0 aliphatic carbocycles. The van der Waals surface area contributed by atoms with Gasteiger partial charge in [-0.15, -0.1) is 0 Å². The van der Waals surface area contributed by atoms with Gasteiger partial charge in [-0.3, -0.25) is 0 Å². The molecule has 0 unspecified atom stereocenters. The van der Waals surface area contributed by atoms with Crippen molar-refractivity contribution in [3.8, 4) is 0 Å². The molecule has 100 valence electrons. The van der Waals surface area contributed by atoms with Crippen LogP contribution in [0.4, 0.5) is 17.2 Å². The molecule has 3 N–H and O–H groups in total. The number of hydrogen-bond donors (Lipinski definition) is 2. The summed E-state index contributed by atoms with van der Waals surface area (Å²) >= 11 is 0. The van der Waals surface area contributed by atoms with E-state index in [0.717, 1.165) is 22.7 Å². The number of nitrogens with two attached hydrogens (primary N) is 1. The van der Waals surface area contributed by atoms with Gasteiger partial charge in [0.1, 0.15) is 5.82 Å². The minimum absolute atomic E-state index is 0.739. The van der Waals surface area contributed by atoms with Crippen LogP contribution >= 0.6 is 0 Å². The highest BCUT2D eigenvalue weighted by Crippen LogP contribution is 2.24. The van der Waals surface area contributed by atoms with Crippen molar-refractivity contribution in [2.75, 3.05) is 11.1 Å². The Morgan fingerprint density at radius 2 is 1.85 bits per heavy atom. The smallest absolute Gasteiger partial charge is 0.131 e. The molecule has 20 heavy (non-hydrogen) atoms. The normalized spacial score (nSPS) is 10.7. The van der Waals surface area contributed by atoms with E-state index in [2.05, 4.69) is 48.4 Å². The molecule has 1 heterocycles. The number of pyridine rings is 1. The lowest BCUT2D eigenvalue weighted by atomic mass is 10.1. The third-order valence-corrected chi connectivity index (χ3v) is 3.33. The average Bonchev–Trinajstić information content (AvgIpc) is 2.40. The molecule has 0 bridgehead atoms. The fourth-order valence-corrected chi connectivity index (χ4v) is 2.34. The van der Waals surface area contributed by atoms with Gasteiger partial charge in [0.25, 0.3) is 0 Å². The summed E-state index contributed by atoms with van der Waals surface area (Å²) in [4.78, 5) is 4.65. The van der Waals surface area contributed by atoms with E-state index in [1.807, 2.05) is 24.3 Å². The van der Waals surface area contributed by atoms with Crippen LogP contribution in [0.5, 0.6) is 0 Å². The van der Waals surface area contributed by atoms with Crippen molar-refractivity contribution in [1.82, 2.24) is 4.98 Å². The first-order valence-electron chi connectivity index (χ1n) is 6.62. The number of nitrogens with one attached hydrogen (secondary N) is 1. The minimum Gasteiger partial charge on any atom is -0.399 e. The van der Waals surface area contributed by atoms with Crippen molar-refractivity contribution in [2.24, 2.45) is 0 Å². The van der Waals surface area contributed by atoms with Crippen LogP contribution in [0.3, 0.4) is 0 Å². The third kappa shape index (κ3) is 2.43. The minimum atomic E-state index is 0.739. The van der Waals surface area contributed by atoms with Gasteiger partial charge >= 0.3 is 0 Å². The number of anilines is 3. The molecule has 2 aromatic carbocycles. The first kappa shape index (κ1) is 12.5. The average molecular weight is 263 g/mol. The zero-order valence-electron chi connectivity index (χ0n) is 11.6. The van der Waals surface area contributed by atoms with Gasteiger partial charge in [-0.2, -0.15) is 0 Å². The van der Waals surface area contributed by atoms with Crippen LogP contribution in [0.1, 0.15) is 11.1 Å². The summed E-state index contributed by atoms with van der Waals surface area (Å²) in [6.45, 7) is 4.20. The molecule has 0 spiro atoms. The van der Waals surface area contributed by atoms with Crippen LogP contribution in [-0.4, -0.2) is 4.98 Å². The summed E-state index contributed by atoms with van der Waals surface area (Å²) in [5, 5.41) is 4.50. The molecule has 0 radical (unpaired) electrons. The Morgan fingerprint density at radius 3 is 2.65 bits per heavy atom. The van der Waals surface area contributed by atoms with Crippen LogP contribution in [0.2, 0.25) is 0 Å². The molecule has 0 saturated carbocycles. The van der Waals surface area contributed by atoms with E-state index in [9.17, 15) is 0 Å². The number of fused-ring (bicyclic) bond motifs is 1. The highest BCUT2D eigenvalue weighted by Gasteiger charge is 2.03. The zero-order chi connectivity index (χ0) is 14.1. The second-order valence-corrected chi connectivity index (χ2v) is 5.10. The molecule has 0 aliphatic rings. The summed E-state index contributed by atoms with van der Waals surface area (Å²) < 4.78 is 0. The fraction of sp³-hybridized carbons (Fsp3) is 0.118. The highest BCUT2D eigenvalue weighted by atomic mass is 15.0. The summed E-state index contributed by atoms with van der Waals surface area (Å²) in [5.74, 6) is 0.837. The Kier molecular flexibility index (Phi) is 3.03. The quantitative estimate of drug-likeness (QED) is 0.682. The maximum Gasteiger partial charge on any atom is 0.131 e. The third-order valence-electron chi connectivity index (χ3n) is 3.33. The van der Waals surface area contributed by atoms with Crippen molar-refractivity contribution >= 4 is 28.1 Å². The van der Waals surface area contributed by atoms with Crippen molar-refractivity contribution in [1.29, 1.82) is 0 Å². The lowest BCUT2D eigenvalue weighted by Crippen LogP contribution is -1.96. The SMILES string of the molecule is Cc1ccc2nc(Nc3cccc(N)c3)cc(C)c2c1. The maximum atomic E-state index is 5.79. The molecular formula is C17H17N3. The van der Waals surface area contributed by atoms with Crippen molar-refractivity contribution < 1.29 is 0 Å². The van der Waals surface area contributed by atoms with Crippen LogP contribution in [-0.2, 0) is 0 Å². The summed E-state index contributed by atoms with van der Waals surface area (Å²) in [6, 6.07) is 16.0. The Labute approximate surface area is 118 Å². The number of nitrogens with zero attached hydrogens (tertiary/aromatic N) is 1. The lowest BCUT2D eigenvalue weighted by Gasteiger charge is -2.10. The van der Waals surface area contributed by atoms with Gasteiger partial charge in [0.15, 0.2) is 0 Å². The number of hydrogen-bond acceptors (Lipinski definition) is 3. The summed E-state index contributed by atoms with van der Waals surface area (Å²) in [6.07, 6.45) is 0. The van der Waals surface area contributed by atoms with Crippen LogP contribution in [0.25, 0.3) is 10.9 Å². The monoisotopic (exact) mass is 263 g/mol. The van der Waals surface area contributed by atoms with Gasteiger partial charge < -0.3 is 11.1 Å². The predicted molar refractivity (Wildman–Crippen MR) is 85.4 cm³/mol. The molecule has 1 aromatic heterocycles.